The van der Waals surface area contributed by atoms with Crippen LogP contribution < -0.4 is 5.56 Å². The summed E-state index contributed by atoms with van der Waals surface area (Å²) >= 11 is 2.98. The Hall–Kier alpha value is -3.01. The molecule has 1 saturated heterocycles. The number of piperazine rings is 1. The van der Waals surface area contributed by atoms with Crippen molar-refractivity contribution in [2.75, 3.05) is 26.2 Å². The van der Waals surface area contributed by atoms with Gasteiger partial charge in [0.2, 0.25) is 0 Å². The molecule has 0 atom stereocenters. The maximum absolute atomic E-state index is 13.4. The van der Waals surface area contributed by atoms with Crippen molar-refractivity contribution in [3.63, 3.8) is 0 Å². The van der Waals surface area contributed by atoms with Crippen molar-refractivity contribution in [2.45, 2.75) is 30.3 Å². The molecule has 1 aromatic carbocycles. The molecule has 4 heterocycles. The number of hydrogen-bond donors (Lipinski definition) is 0. The van der Waals surface area contributed by atoms with Gasteiger partial charge in [-0.05, 0) is 49.2 Å². The molecular formula is C25H25N5O2S2. The Labute approximate surface area is 206 Å². The summed E-state index contributed by atoms with van der Waals surface area (Å²) in [5.41, 5.74) is 3.82. The molecule has 0 N–H and O–H groups in total. The molecule has 7 nitrogen and oxygen atoms in total. The fourth-order valence-electron chi connectivity index (χ4n) is 4.00. The van der Waals surface area contributed by atoms with Crippen LogP contribution in [0.5, 0.6) is 0 Å². The molecule has 4 aromatic rings. The second-order valence-corrected chi connectivity index (χ2v) is 10.3. The minimum Gasteiger partial charge on any atom is -0.336 e. The van der Waals surface area contributed by atoms with Gasteiger partial charge in [0.05, 0.1) is 11.3 Å². The van der Waals surface area contributed by atoms with Crippen molar-refractivity contribution < 1.29 is 4.79 Å². The van der Waals surface area contributed by atoms with Crippen LogP contribution in [0.1, 0.15) is 27.2 Å². The summed E-state index contributed by atoms with van der Waals surface area (Å²) in [4.78, 5) is 40.6. The molecule has 0 bridgehead atoms. The maximum atomic E-state index is 13.4. The van der Waals surface area contributed by atoms with Gasteiger partial charge in [-0.15, -0.1) is 11.3 Å². The molecule has 34 heavy (non-hydrogen) atoms. The molecule has 1 amide bonds. The lowest BCUT2D eigenvalue weighted by Gasteiger charge is -2.34. The molecule has 5 rings (SSSR count). The molecule has 0 aliphatic carbocycles. The van der Waals surface area contributed by atoms with E-state index in [0.717, 1.165) is 28.7 Å². The van der Waals surface area contributed by atoms with Crippen LogP contribution in [0.2, 0.25) is 0 Å². The molecule has 1 aliphatic heterocycles. The molecule has 174 valence electrons. The van der Waals surface area contributed by atoms with Gasteiger partial charge in [0.1, 0.15) is 5.03 Å². The quantitative estimate of drug-likeness (QED) is 0.422. The van der Waals surface area contributed by atoms with E-state index >= 15 is 0 Å². The zero-order chi connectivity index (χ0) is 23.7. The number of carbonyl (C=O) groups excluding carboxylic acids is 1. The van der Waals surface area contributed by atoms with E-state index in [0.29, 0.717) is 30.2 Å². The minimum atomic E-state index is -0.0551. The Morgan fingerprint density at radius 1 is 1.09 bits per heavy atom. The van der Waals surface area contributed by atoms with Crippen LogP contribution in [0, 0.1) is 13.8 Å². The Balaban J connectivity index is 1.25. The van der Waals surface area contributed by atoms with Crippen LogP contribution >= 0.6 is 23.1 Å². The number of hydrogen-bond acceptors (Lipinski definition) is 7. The van der Waals surface area contributed by atoms with Gasteiger partial charge in [0.25, 0.3) is 11.5 Å². The van der Waals surface area contributed by atoms with Crippen molar-refractivity contribution in [1.29, 1.82) is 0 Å². The number of fused-ring (bicyclic) bond motifs is 1. The van der Waals surface area contributed by atoms with E-state index in [1.54, 1.807) is 22.9 Å². The monoisotopic (exact) mass is 491 g/mol. The molecule has 3 aromatic heterocycles. The number of benzene rings is 1. The summed E-state index contributed by atoms with van der Waals surface area (Å²) in [6.07, 6.45) is 3.48. The van der Waals surface area contributed by atoms with Gasteiger partial charge in [-0.2, -0.15) is 0 Å². The Morgan fingerprint density at radius 2 is 1.91 bits per heavy atom. The number of thiazole rings is 1. The Morgan fingerprint density at radius 3 is 2.71 bits per heavy atom. The van der Waals surface area contributed by atoms with Gasteiger partial charge in [-0.3, -0.25) is 18.9 Å². The zero-order valence-corrected chi connectivity index (χ0v) is 20.7. The van der Waals surface area contributed by atoms with E-state index in [4.69, 9.17) is 0 Å². The minimum absolute atomic E-state index is 0.00968. The van der Waals surface area contributed by atoms with Gasteiger partial charge >= 0.3 is 0 Å². The largest absolute Gasteiger partial charge is 0.336 e. The van der Waals surface area contributed by atoms with E-state index in [1.165, 1.54) is 34.2 Å². The third kappa shape index (κ3) is 4.77. The molecule has 1 aliphatic rings. The molecule has 1 fully saturated rings. The van der Waals surface area contributed by atoms with Crippen molar-refractivity contribution in [1.82, 2.24) is 24.2 Å². The molecule has 0 unspecified atom stereocenters. The van der Waals surface area contributed by atoms with Gasteiger partial charge in [0.15, 0.2) is 4.96 Å². The van der Waals surface area contributed by atoms with Crippen molar-refractivity contribution in [3.8, 4) is 0 Å². The highest BCUT2D eigenvalue weighted by Gasteiger charge is 2.25. The summed E-state index contributed by atoms with van der Waals surface area (Å²) in [6.45, 7) is 7.51. The van der Waals surface area contributed by atoms with Crippen LogP contribution in [-0.2, 0) is 6.54 Å². The third-order valence-electron chi connectivity index (χ3n) is 6.10. The molecule has 0 radical (unpaired) electrons. The number of amides is 1. The van der Waals surface area contributed by atoms with E-state index in [9.17, 15) is 9.59 Å². The highest BCUT2D eigenvalue weighted by molar-refractivity contribution is 7.99. The van der Waals surface area contributed by atoms with E-state index in [1.807, 2.05) is 22.4 Å². The van der Waals surface area contributed by atoms with Crippen LogP contribution in [-0.4, -0.2) is 56.3 Å². The van der Waals surface area contributed by atoms with Crippen LogP contribution in [0.4, 0.5) is 0 Å². The number of carbonyl (C=O) groups is 1. The first kappa shape index (κ1) is 22.8. The lowest BCUT2D eigenvalue weighted by atomic mass is 10.1. The lowest BCUT2D eigenvalue weighted by molar-refractivity contribution is 0.0623. The molecular weight excluding hydrogens is 466 g/mol. The standard InChI is InChI=1S/C25H25N5O2S2/c1-17-5-6-20(14-18(17)2)34-23-21(4-3-7-26-23)24(32)29-10-8-28(9-11-29)16-19-15-22(31)30-12-13-33-25(30)27-19/h3-7,12-15H,8-11,16H2,1-2H3. The summed E-state index contributed by atoms with van der Waals surface area (Å²) in [7, 11) is 0. The smallest absolute Gasteiger partial charge is 0.258 e. The molecule has 9 heteroatoms. The fourth-order valence-corrected chi connectivity index (χ4v) is 5.71. The lowest BCUT2D eigenvalue weighted by Crippen LogP contribution is -2.48. The Kier molecular flexibility index (Phi) is 6.49. The summed E-state index contributed by atoms with van der Waals surface area (Å²) < 4.78 is 1.56. The van der Waals surface area contributed by atoms with Crippen molar-refractivity contribution in [3.05, 3.63) is 86.9 Å². The van der Waals surface area contributed by atoms with Gasteiger partial charge in [-0.1, -0.05) is 17.8 Å². The first-order valence-corrected chi connectivity index (χ1v) is 12.8. The number of aromatic nitrogens is 3. The summed E-state index contributed by atoms with van der Waals surface area (Å²) in [5, 5.41) is 2.59. The van der Waals surface area contributed by atoms with Crippen LogP contribution in [0.15, 0.2) is 68.9 Å². The first-order chi connectivity index (χ1) is 16.5. The van der Waals surface area contributed by atoms with Crippen molar-refractivity contribution >= 4 is 34.0 Å². The first-order valence-electron chi connectivity index (χ1n) is 11.2. The summed E-state index contributed by atoms with van der Waals surface area (Å²) in [5.74, 6) is 0.00968. The Bertz CT molecular complexity index is 1410. The summed E-state index contributed by atoms with van der Waals surface area (Å²) in [6, 6.07) is 11.6. The predicted molar refractivity (Wildman–Crippen MR) is 135 cm³/mol. The normalized spacial score (nSPS) is 14.6. The average molecular weight is 492 g/mol. The second kappa shape index (κ2) is 9.69. The van der Waals surface area contributed by atoms with Crippen LogP contribution in [0.25, 0.3) is 4.96 Å². The topological polar surface area (TPSA) is 70.8 Å². The van der Waals surface area contributed by atoms with Gasteiger partial charge in [-0.25, -0.2) is 9.97 Å². The third-order valence-corrected chi connectivity index (χ3v) is 7.86. The van der Waals surface area contributed by atoms with E-state index in [-0.39, 0.29) is 11.5 Å². The SMILES string of the molecule is Cc1ccc(Sc2ncccc2C(=O)N2CCN(Cc3cc(=O)n4ccsc4n3)CC2)cc1C. The van der Waals surface area contributed by atoms with Gasteiger partial charge < -0.3 is 4.90 Å². The van der Waals surface area contributed by atoms with Gasteiger partial charge in [0, 0.05) is 61.5 Å². The number of aryl methyl sites for hydroxylation is 2. The van der Waals surface area contributed by atoms with E-state index < -0.39 is 0 Å². The second-order valence-electron chi connectivity index (χ2n) is 8.41. The zero-order valence-electron chi connectivity index (χ0n) is 19.1. The molecule has 0 spiro atoms. The highest BCUT2D eigenvalue weighted by Crippen LogP contribution is 2.30. The highest BCUT2D eigenvalue weighted by atomic mass is 32.2. The van der Waals surface area contributed by atoms with E-state index in [2.05, 4.69) is 46.9 Å². The maximum Gasteiger partial charge on any atom is 0.258 e. The van der Waals surface area contributed by atoms with Crippen LogP contribution in [0.3, 0.4) is 0 Å². The average Bonchev–Trinajstić information content (AvgIpc) is 3.31. The number of pyridine rings is 1. The number of nitrogens with zero attached hydrogens (tertiary/aromatic N) is 5. The predicted octanol–water partition coefficient (Wildman–Crippen LogP) is 3.88. The number of rotatable bonds is 5. The van der Waals surface area contributed by atoms with Crippen molar-refractivity contribution in [2.24, 2.45) is 0 Å². The fraction of sp³-hybridized carbons (Fsp3) is 0.280. The molecule has 0 saturated carbocycles.